The molecule has 1 spiro atoms. The highest BCUT2D eigenvalue weighted by Crippen LogP contribution is 2.47. The second-order valence-electron chi connectivity index (χ2n) is 9.78. The predicted molar refractivity (Wildman–Crippen MR) is 137 cm³/mol. The first-order valence-electron chi connectivity index (χ1n) is 12.0. The van der Waals surface area contributed by atoms with Gasteiger partial charge in [0.2, 0.25) is 5.88 Å². The number of nitrogens with zero attached hydrogens (tertiary/aromatic N) is 5. The van der Waals surface area contributed by atoms with Gasteiger partial charge >= 0.3 is 0 Å². The van der Waals surface area contributed by atoms with Crippen LogP contribution in [0.25, 0.3) is 27.9 Å². The molecule has 1 aliphatic heterocycles. The van der Waals surface area contributed by atoms with E-state index in [1.807, 2.05) is 19.2 Å². The summed E-state index contributed by atoms with van der Waals surface area (Å²) in [7, 11) is 2.07. The summed E-state index contributed by atoms with van der Waals surface area (Å²) in [4.78, 5) is 18.3. The summed E-state index contributed by atoms with van der Waals surface area (Å²) < 4.78 is 8.63. The molecule has 4 aromatic heterocycles. The van der Waals surface area contributed by atoms with Gasteiger partial charge < -0.3 is 9.30 Å². The molecule has 1 aliphatic carbocycles. The molecular formula is C29H27N5O. The Morgan fingerprint density at radius 3 is 2.74 bits per heavy atom. The molecule has 0 N–H and O–H groups in total. The van der Waals surface area contributed by atoms with Crippen LogP contribution in [-0.2, 0) is 13.5 Å². The number of hydrogen-bond acceptors (Lipinski definition) is 5. The molecule has 174 valence electrons. The number of fused-ring (bicyclic) bond motifs is 2. The molecule has 6 heteroatoms. The van der Waals surface area contributed by atoms with E-state index in [-0.39, 0.29) is 5.60 Å². The van der Waals surface area contributed by atoms with Crippen LogP contribution in [0.4, 0.5) is 0 Å². The van der Waals surface area contributed by atoms with Gasteiger partial charge in [-0.15, -0.1) is 6.42 Å². The Labute approximate surface area is 205 Å². The van der Waals surface area contributed by atoms with Gasteiger partial charge in [0.1, 0.15) is 23.3 Å². The van der Waals surface area contributed by atoms with Crippen LogP contribution in [0.5, 0.6) is 5.88 Å². The SMILES string of the molecule is C#Cc1cc(C)c(-c2c(C3=CC[C@]4(CC3)Cc3ccc(C)nc3O4)c3c(C)ncnc3n2C)cn1. The maximum absolute atomic E-state index is 6.46. The van der Waals surface area contributed by atoms with E-state index in [4.69, 9.17) is 11.2 Å². The highest BCUT2D eigenvalue weighted by molar-refractivity contribution is 6.01. The average molecular weight is 462 g/mol. The Hall–Kier alpha value is -3.98. The molecule has 2 aliphatic rings. The molecule has 0 radical (unpaired) electrons. The van der Waals surface area contributed by atoms with Crippen LogP contribution in [0.3, 0.4) is 0 Å². The fourth-order valence-electron chi connectivity index (χ4n) is 5.64. The molecule has 0 fully saturated rings. The molecule has 0 saturated carbocycles. The van der Waals surface area contributed by atoms with E-state index in [0.717, 1.165) is 70.8 Å². The molecule has 0 aromatic carbocycles. The van der Waals surface area contributed by atoms with Gasteiger partial charge in [0.15, 0.2) is 0 Å². The zero-order chi connectivity index (χ0) is 24.3. The van der Waals surface area contributed by atoms with Crippen molar-refractivity contribution in [1.29, 1.82) is 0 Å². The van der Waals surface area contributed by atoms with Crippen LogP contribution >= 0.6 is 0 Å². The largest absolute Gasteiger partial charge is 0.470 e. The van der Waals surface area contributed by atoms with Crippen LogP contribution in [0.1, 0.15) is 53.0 Å². The van der Waals surface area contributed by atoms with Gasteiger partial charge in [-0.3, -0.25) is 0 Å². The molecular weight excluding hydrogens is 434 g/mol. The number of rotatable bonds is 2. The first-order valence-corrected chi connectivity index (χ1v) is 12.0. The fourth-order valence-corrected chi connectivity index (χ4v) is 5.64. The van der Waals surface area contributed by atoms with Crippen molar-refractivity contribution >= 4 is 16.6 Å². The lowest BCUT2D eigenvalue weighted by Gasteiger charge is -2.32. The lowest BCUT2D eigenvalue weighted by molar-refractivity contribution is 0.0814. The Kier molecular flexibility index (Phi) is 4.79. The minimum atomic E-state index is -0.213. The Bertz CT molecular complexity index is 1590. The van der Waals surface area contributed by atoms with E-state index in [2.05, 4.69) is 69.5 Å². The van der Waals surface area contributed by atoms with Crippen LogP contribution in [-0.4, -0.2) is 30.1 Å². The Morgan fingerprint density at radius 2 is 2.00 bits per heavy atom. The first kappa shape index (κ1) is 21.5. The van der Waals surface area contributed by atoms with Crippen LogP contribution < -0.4 is 4.74 Å². The van der Waals surface area contributed by atoms with Crippen molar-refractivity contribution in [2.24, 2.45) is 7.05 Å². The summed E-state index contributed by atoms with van der Waals surface area (Å²) in [5.41, 5.74) is 10.3. The lowest BCUT2D eigenvalue weighted by Crippen LogP contribution is -2.35. The van der Waals surface area contributed by atoms with E-state index in [1.165, 1.54) is 16.7 Å². The molecule has 6 nitrogen and oxygen atoms in total. The van der Waals surface area contributed by atoms with Crippen molar-refractivity contribution in [2.75, 3.05) is 0 Å². The van der Waals surface area contributed by atoms with Gasteiger partial charge in [-0.25, -0.2) is 19.9 Å². The third-order valence-corrected chi connectivity index (χ3v) is 7.47. The van der Waals surface area contributed by atoms with Gasteiger partial charge in [0.25, 0.3) is 0 Å². The highest BCUT2D eigenvalue weighted by atomic mass is 16.5. The zero-order valence-corrected chi connectivity index (χ0v) is 20.5. The number of pyridine rings is 2. The number of hydrogen-bond donors (Lipinski definition) is 0. The number of terminal acetylenes is 1. The molecule has 35 heavy (non-hydrogen) atoms. The second-order valence-corrected chi connectivity index (χ2v) is 9.78. The van der Waals surface area contributed by atoms with E-state index >= 15 is 0 Å². The summed E-state index contributed by atoms with van der Waals surface area (Å²) in [6.07, 6.45) is 15.1. The number of aryl methyl sites for hydroxylation is 4. The molecule has 0 amide bonds. The number of ether oxygens (including phenoxy) is 1. The molecule has 0 bridgehead atoms. The van der Waals surface area contributed by atoms with Crippen LogP contribution in [0.15, 0.2) is 36.8 Å². The van der Waals surface area contributed by atoms with Crippen molar-refractivity contribution in [2.45, 2.75) is 52.1 Å². The maximum atomic E-state index is 6.46. The van der Waals surface area contributed by atoms with Crippen molar-refractivity contribution in [1.82, 2.24) is 24.5 Å². The van der Waals surface area contributed by atoms with Gasteiger partial charge in [-0.1, -0.05) is 18.1 Å². The fraction of sp³-hybridized carbons (Fsp3) is 0.310. The third-order valence-electron chi connectivity index (χ3n) is 7.47. The molecule has 4 aromatic rings. The Morgan fingerprint density at radius 1 is 1.14 bits per heavy atom. The quantitative estimate of drug-likeness (QED) is 0.380. The molecule has 0 saturated heterocycles. The van der Waals surface area contributed by atoms with E-state index in [1.54, 1.807) is 6.33 Å². The minimum Gasteiger partial charge on any atom is -0.470 e. The van der Waals surface area contributed by atoms with Gasteiger partial charge in [0, 0.05) is 53.9 Å². The molecule has 1 atom stereocenters. The standard InChI is InChI=1S/C29H27N5O/c1-6-22-13-17(2)23(15-30-22)26-25(24-19(4)31-16-32-27(24)34(26)5)20-9-11-29(12-10-20)14-21-8-7-18(3)33-28(21)35-29/h1,7-9,13,15-16H,10-12,14H2,2-5H3/t29-/m0/s1. The van der Waals surface area contributed by atoms with Gasteiger partial charge in [0.05, 0.1) is 11.4 Å². The van der Waals surface area contributed by atoms with Gasteiger partial charge in [-0.05, 0) is 56.9 Å². The molecule has 5 heterocycles. The average Bonchev–Trinajstić information content (AvgIpc) is 3.35. The molecule has 0 unspecified atom stereocenters. The van der Waals surface area contributed by atoms with Crippen molar-refractivity contribution in [3.8, 4) is 29.5 Å². The van der Waals surface area contributed by atoms with E-state index < -0.39 is 0 Å². The minimum absolute atomic E-state index is 0.213. The topological polar surface area (TPSA) is 65.7 Å². The normalized spacial score (nSPS) is 18.9. The monoisotopic (exact) mass is 461 g/mol. The smallest absolute Gasteiger partial charge is 0.217 e. The van der Waals surface area contributed by atoms with E-state index in [0.29, 0.717) is 5.69 Å². The van der Waals surface area contributed by atoms with Crippen LogP contribution in [0, 0.1) is 33.1 Å². The summed E-state index contributed by atoms with van der Waals surface area (Å²) in [6.45, 7) is 6.15. The van der Waals surface area contributed by atoms with Crippen LogP contribution in [0.2, 0.25) is 0 Å². The maximum Gasteiger partial charge on any atom is 0.217 e. The number of aromatic nitrogens is 5. The first-order chi connectivity index (χ1) is 16.9. The molecule has 6 rings (SSSR count). The predicted octanol–water partition coefficient (Wildman–Crippen LogP) is 5.27. The summed E-state index contributed by atoms with van der Waals surface area (Å²) >= 11 is 0. The summed E-state index contributed by atoms with van der Waals surface area (Å²) in [5, 5.41) is 1.10. The summed E-state index contributed by atoms with van der Waals surface area (Å²) in [6, 6.07) is 6.20. The highest BCUT2D eigenvalue weighted by Gasteiger charge is 2.42. The van der Waals surface area contributed by atoms with Crippen molar-refractivity contribution in [3.05, 3.63) is 70.6 Å². The van der Waals surface area contributed by atoms with Crippen molar-refractivity contribution in [3.63, 3.8) is 0 Å². The van der Waals surface area contributed by atoms with Gasteiger partial charge in [-0.2, -0.15) is 0 Å². The Balaban J connectivity index is 1.48. The van der Waals surface area contributed by atoms with E-state index in [9.17, 15) is 0 Å². The lowest BCUT2D eigenvalue weighted by atomic mass is 9.80. The van der Waals surface area contributed by atoms with Crippen molar-refractivity contribution < 1.29 is 4.74 Å². The zero-order valence-electron chi connectivity index (χ0n) is 20.5. The number of allylic oxidation sites excluding steroid dienone is 1. The third kappa shape index (κ3) is 3.34. The summed E-state index contributed by atoms with van der Waals surface area (Å²) in [5.74, 6) is 3.44. The second kappa shape index (κ2) is 7.78.